The van der Waals surface area contributed by atoms with E-state index in [0.29, 0.717) is 11.6 Å². The fraction of sp³-hybridized carbons (Fsp3) is 0.0909. The molecule has 0 spiro atoms. The molecule has 92 valence electrons. The van der Waals surface area contributed by atoms with Gasteiger partial charge in [0, 0.05) is 23.7 Å². The van der Waals surface area contributed by atoms with Crippen LogP contribution in [0.15, 0.2) is 28.6 Å². The summed E-state index contributed by atoms with van der Waals surface area (Å²) in [5, 5.41) is 9.42. The van der Waals surface area contributed by atoms with E-state index in [1.807, 2.05) is 23.6 Å². The smallest absolute Gasteiger partial charge is 0.212 e. The maximum Gasteiger partial charge on any atom is 0.212 e. The Morgan fingerprint density at radius 3 is 2.89 bits per heavy atom. The van der Waals surface area contributed by atoms with Crippen LogP contribution in [0, 0.1) is 5.41 Å². The number of pyridine rings is 1. The lowest BCUT2D eigenvalue weighted by atomic mass is 10.2. The van der Waals surface area contributed by atoms with Gasteiger partial charge in [-0.3, -0.25) is 4.98 Å². The van der Waals surface area contributed by atoms with Crippen LogP contribution in [0.1, 0.15) is 5.69 Å². The van der Waals surface area contributed by atoms with Crippen LogP contribution in [0.5, 0.6) is 0 Å². The van der Waals surface area contributed by atoms with Crippen LogP contribution in [0.4, 0.5) is 5.13 Å². The van der Waals surface area contributed by atoms with Crippen molar-refractivity contribution >= 4 is 28.6 Å². The average Bonchev–Trinajstić information content (AvgIpc) is 2.77. The maximum atomic E-state index is 7.07. The second-order valence-corrected chi connectivity index (χ2v) is 4.31. The molecule has 2 heterocycles. The fourth-order valence-electron chi connectivity index (χ4n) is 1.38. The van der Waals surface area contributed by atoms with Gasteiger partial charge in [0.1, 0.15) is 5.69 Å². The number of nitrogens with two attached hydrogens (primary N) is 2. The number of guanidine groups is 1. The van der Waals surface area contributed by atoms with Crippen LogP contribution < -0.4 is 11.5 Å². The fourth-order valence-corrected chi connectivity index (χ4v) is 2.08. The Kier molecular flexibility index (Phi) is 3.63. The van der Waals surface area contributed by atoms with Gasteiger partial charge in [-0.15, -0.1) is 11.3 Å². The van der Waals surface area contributed by atoms with Gasteiger partial charge >= 0.3 is 0 Å². The van der Waals surface area contributed by atoms with E-state index in [-0.39, 0.29) is 5.96 Å². The van der Waals surface area contributed by atoms with Gasteiger partial charge in [0.15, 0.2) is 5.96 Å². The zero-order chi connectivity index (χ0) is 13.0. The van der Waals surface area contributed by atoms with E-state index in [0.717, 1.165) is 17.1 Å². The molecule has 7 heteroatoms. The van der Waals surface area contributed by atoms with Crippen LogP contribution in [-0.4, -0.2) is 22.1 Å². The van der Waals surface area contributed by atoms with Gasteiger partial charge in [0.25, 0.3) is 0 Å². The first-order chi connectivity index (χ1) is 8.69. The summed E-state index contributed by atoms with van der Waals surface area (Å²) in [4.78, 5) is 12.6. The summed E-state index contributed by atoms with van der Waals surface area (Å²) < 4.78 is 0. The van der Waals surface area contributed by atoms with Crippen LogP contribution in [0.3, 0.4) is 0 Å². The first-order valence-electron chi connectivity index (χ1n) is 5.19. The van der Waals surface area contributed by atoms with Crippen molar-refractivity contribution < 1.29 is 0 Å². The molecule has 0 aliphatic carbocycles. The summed E-state index contributed by atoms with van der Waals surface area (Å²) in [5.74, 6) is -0.0126. The normalized spacial score (nSPS) is 10.0. The van der Waals surface area contributed by atoms with E-state index in [4.69, 9.17) is 16.9 Å². The average molecular weight is 260 g/mol. The molecule has 0 aliphatic rings. The Balaban J connectivity index is 2.31. The molecule has 2 rings (SSSR count). The van der Waals surface area contributed by atoms with Gasteiger partial charge in [-0.1, -0.05) is 6.07 Å². The molecular formula is C11H12N6S. The van der Waals surface area contributed by atoms with E-state index in [9.17, 15) is 0 Å². The van der Waals surface area contributed by atoms with Gasteiger partial charge in [0.05, 0.1) is 5.69 Å². The summed E-state index contributed by atoms with van der Waals surface area (Å²) in [7, 11) is 0. The minimum atomic E-state index is -0.0126. The highest BCUT2D eigenvalue weighted by Gasteiger charge is 2.06. The SMILES string of the molecule is N=CCc1cccc(-c2csc(N=C(N)N)n2)n1. The second kappa shape index (κ2) is 5.37. The Morgan fingerprint density at radius 1 is 1.33 bits per heavy atom. The zero-order valence-electron chi connectivity index (χ0n) is 9.50. The Hall–Kier alpha value is -2.28. The molecule has 18 heavy (non-hydrogen) atoms. The lowest BCUT2D eigenvalue weighted by molar-refractivity contribution is 1.14. The number of rotatable bonds is 4. The zero-order valence-corrected chi connectivity index (χ0v) is 10.3. The number of nitrogens with one attached hydrogen (secondary N) is 1. The molecule has 0 saturated carbocycles. The molecule has 0 fully saturated rings. The van der Waals surface area contributed by atoms with Crippen molar-refractivity contribution in [1.82, 2.24) is 9.97 Å². The van der Waals surface area contributed by atoms with Gasteiger partial charge in [0.2, 0.25) is 5.13 Å². The summed E-state index contributed by atoms with van der Waals surface area (Å²) in [5.41, 5.74) is 12.9. The van der Waals surface area contributed by atoms with E-state index in [1.165, 1.54) is 17.6 Å². The van der Waals surface area contributed by atoms with Crippen LogP contribution in [-0.2, 0) is 6.42 Å². The van der Waals surface area contributed by atoms with E-state index < -0.39 is 0 Å². The van der Waals surface area contributed by atoms with Crippen LogP contribution in [0.2, 0.25) is 0 Å². The van der Waals surface area contributed by atoms with Gasteiger partial charge in [-0.25, -0.2) is 4.98 Å². The summed E-state index contributed by atoms with van der Waals surface area (Å²) >= 11 is 1.35. The van der Waals surface area contributed by atoms with Crippen molar-refractivity contribution in [3.63, 3.8) is 0 Å². The molecular weight excluding hydrogens is 248 g/mol. The lowest BCUT2D eigenvalue weighted by Crippen LogP contribution is -2.21. The molecule has 5 N–H and O–H groups in total. The standard InChI is InChI=1S/C11H12N6S/c12-5-4-7-2-1-3-8(15-7)9-6-18-11(16-9)17-10(13)14/h1-3,5-6,12H,4H2,(H4,13,14,16,17). The molecule has 2 aromatic rings. The topological polar surface area (TPSA) is 114 Å². The van der Waals surface area contributed by atoms with Crippen LogP contribution in [0.25, 0.3) is 11.4 Å². The molecule has 0 unspecified atom stereocenters. The maximum absolute atomic E-state index is 7.07. The van der Waals surface area contributed by atoms with Gasteiger partial charge in [-0.05, 0) is 12.1 Å². The highest BCUT2D eigenvalue weighted by Crippen LogP contribution is 2.25. The monoisotopic (exact) mass is 260 g/mol. The van der Waals surface area contributed by atoms with Crippen molar-refractivity contribution in [2.75, 3.05) is 0 Å². The number of nitrogens with zero attached hydrogens (tertiary/aromatic N) is 3. The molecule has 2 aromatic heterocycles. The minimum absolute atomic E-state index is 0.0126. The van der Waals surface area contributed by atoms with Gasteiger partial charge in [-0.2, -0.15) is 4.99 Å². The predicted molar refractivity (Wildman–Crippen MR) is 73.3 cm³/mol. The van der Waals surface area contributed by atoms with E-state index in [1.54, 1.807) is 0 Å². The summed E-state index contributed by atoms with van der Waals surface area (Å²) in [6.45, 7) is 0. The highest BCUT2D eigenvalue weighted by atomic mass is 32.1. The first-order valence-corrected chi connectivity index (χ1v) is 6.07. The first kappa shape index (κ1) is 12.2. The number of thiazole rings is 1. The van der Waals surface area contributed by atoms with E-state index in [2.05, 4.69) is 15.0 Å². The largest absolute Gasteiger partial charge is 0.370 e. The van der Waals surface area contributed by atoms with Crippen LogP contribution >= 0.6 is 11.3 Å². The number of hydrogen-bond acceptors (Lipinski definition) is 5. The molecule has 0 bridgehead atoms. The quantitative estimate of drug-likeness (QED) is 0.567. The second-order valence-electron chi connectivity index (χ2n) is 3.47. The third-order valence-corrected chi connectivity index (χ3v) is 2.83. The molecule has 0 aliphatic heterocycles. The van der Waals surface area contributed by atoms with Crippen molar-refractivity contribution in [3.8, 4) is 11.4 Å². The van der Waals surface area contributed by atoms with Crippen molar-refractivity contribution in [2.45, 2.75) is 6.42 Å². The summed E-state index contributed by atoms with van der Waals surface area (Å²) in [6.07, 6.45) is 1.83. The van der Waals surface area contributed by atoms with Crippen molar-refractivity contribution in [3.05, 3.63) is 29.3 Å². The third-order valence-electron chi connectivity index (χ3n) is 2.10. The lowest BCUT2D eigenvalue weighted by Gasteiger charge is -1.99. The Morgan fingerprint density at radius 2 is 2.17 bits per heavy atom. The molecule has 0 atom stereocenters. The molecule has 6 nitrogen and oxygen atoms in total. The molecule has 0 amide bonds. The van der Waals surface area contributed by atoms with Crippen molar-refractivity contribution in [1.29, 1.82) is 5.41 Å². The number of hydrogen-bond donors (Lipinski definition) is 3. The van der Waals surface area contributed by atoms with Crippen molar-refractivity contribution in [2.24, 2.45) is 16.5 Å². The molecule has 0 aromatic carbocycles. The minimum Gasteiger partial charge on any atom is -0.370 e. The Labute approximate surface area is 108 Å². The predicted octanol–water partition coefficient (Wildman–Crippen LogP) is 1.30. The number of aliphatic imine (C=N–C) groups is 1. The Bertz CT molecular complexity index is 585. The summed E-state index contributed by atoms with van der Waals surface area (Å²) in [6, 6.07) is 5.63. The van der Waals surface area contributed by atoms with E-state index >= 15 is 0 Å². The third kappa shape index (κ3) is 2.89. The van der Waals surface area contributed by atoms with Gasteiger partial charge < -0.3 is 16.9 Å². The highest BCUT2D eigenvalue weighted by molar-refractivity contribution is 7.13. The molecule has 0 radical (unpaired) electrons. The molecule has 0 saturated heterocycles. The number of aromatic nitrogens is 2.